The highest BCUT2D eigenvalue weighted by Crippen LogP contribution is 2.45. The van der Waals surface area contributed by atoms with Gasteiger partial charge in [0.15, 0.2) is 6.04 Å². The maximum Gasteiger partial charge on any atom is 0.410 e. The van der Waals surface area contributed by atoms with Crippen molar-refractivity contribution in [3.8, 4) is 0 Å². The molecule has 1 saturated carbocycles. The zero-order valence-corrected chi connectivity index (χ0v) is 15.1. The second-order valence-corrected chi connectivity index (χ2v) is 7.95. The molecule has 8 heteroatoms. The van der Waals surface area contributed by atoms with Crippen molar-refractivity contribution in [1.82, 2.24) is 14.7 Å². The molecule has 0 spiro atoms. The Hall–Kier alpha value is -1.73. The molecule has 3 aliphatic rings. The number of aromatic nitrogens is 2. The highest BCUT2D eigenvalue weighted by atomic mass is 19.4. The molecule has 1 aliphatic carbocycles. The minimum Gasteiger partial charge on any atom is -0.367 e. The third-order valence-electron chi connectivity index (χ3n) is 6.08. The van der Waals surface area contributed by atoms with Gasteiger partial charge < -0.3 is 10.2 Å². The Morgan fingerprint density at radius 2 is 2.12 bits per heavy atom. The maximum absolute atomic E-state index is 13.5. The van der Waals surface area contributed by atoms with Crippen LogP contribution in [0.4, 0.5) is 19.0 Å². The molecular formula is C18H25F3N4O. The van der Waals surface area contributed by atoms with E-state index in [4.69, 9.17) is 0 Å². The van der Waals surface area contributed by atoms with Crippen LogP contribution in [0.1, 0.15) is 63.7 Å². The molecule has 1 saturated heterocycles. The molecule has 0 aromatic carbocycles. The first-order chi connectivity index (χ1) is 12.3. The summed E-state index contributed by atoms with van der Waals surface area (Å²) in [6, 6.07) is -0.310. The topological polar surface area (TPSA) is 50.2 Å². The van der Waals surface area contributed by atoms with Crippen LogP contribution in [0, 0.1) is 11.8 Å². The van der Waals surface area contributed by atoms with Gasteiger partial charge >= 0.3 is 6.18 Å². The van der Waals surface area contributed by atoms with Gasteiger partial charge in [0, 0.05) is 24.6 Å². The fourth-order valence-corrected chi connectivity index (χ4v) is 4.32. The van der Waals surface area contributed by atoms with Crippen LogP contribution in [0.25, 0.3) is 0 Å². The first kappa shape index (κ1) is 17.7. The van der Waals surface area contributed by atoms with Gasteiger partial charge in [-0.15, -0.1) is 0 Å². The van der Waals surface area contributed by atoms with Crippen molar-refractivity contribution in [3.63, 3.8) is 0 Å². The van der Waals surface area contributed by atoms with Crippen molar-refractivity contribution in [3.05, 3.63) is 11.8 Å². The minimum atomic E-state index is -4.33. The van der Waals surface area contributed by atoms with E-state index in [1.807, 2.05) is 11.8 Å². The second kappa shape index (κ2) is 6.16. The molecular weight excluding hydrogens is 345 g/mol. The quantitative estimate of drug-likeness (QED) is 0.878. The van der Waals surface area contributed by atoms with Crippen LogP contribution in [0.5, 0.6) is 0 Å². The number of alkyl halides is 3. The van der Waals surface area contributed by atoms with Crippen molar-refractivity contribution in [2.45, 2.75) is 70.3 Å². The monoisotopic (exact) mass is 370 g/mol. The molecule has 5 nitrogen and oxygen atoms in total. The van der Waals surface area contributed by atoms with Crippen LogP contribution in [0.2, 0.25) is 0 Å². The Kier molecular flexibility index (Phi) is 4.19. The van der Waals surface area contributed by atoms with E-state index in [2.05, 4.69) is 17.3 Å². The predicted octanol–water partition coefficient (Wildman–Crippen LogP) is 3.90. The lowest BCUT2D eigenvalue weighted by Gasteiger charge is -2.32. The first-order valence-electron chi connectivity index (χ1n) is 9.52. The lowest BCUT2D eigenvalue weighted by molar-refractivity contribution is -0.173. The number of halogens is 3. The number of rotatable bonds is 3. The standard InChI is InChI=1S/C18H25F3N4O/c1-3-11-8-15(18(19,20)21)25-16(22-11)9-13(23-25)14-5-4-6-24(14)17(26)12-7-10(12)2/h9-12,14-15,22H,3-8H2,1-2H3/t10-,11+,12+,14+,15+/m0/s1. The van der Waals surface area contributed by atoms with Crippen LogP contribution < -0.4 is 5.32 Å². The van der Waals surface area contributed by atoms with Gasteiger partial charge in [-0.05, 0) is 38.0 Å². The van der Waals surface area contributed by atoms with Crippen LogP contribution >= 0.6 is 0 Å². The van der Waals surface area contributed by atoms with E-state index in [-0.39, 0.29) is 30.3 Å². The number of amides is 1. The van der Waals surface area contributed by atoms with Gasteiger partial charge in [-0.2, -0.15) is 18.3 Å². The summed E-state index contributed by atoms with van der Waals surface area (Å²) in [6.45, 7) is 4.61. The molecule has 0 unspecified atom stereocenters. The largest absolute Gasteiger partial charge is 0.410 e. The summed E-state index contributed by atoms with van der Waals surface area (Å²) in [5.74, 6) is 1.05. The number of nitrogens with zero attached hydrogens (tertiary/aromatic N) is 3. The predicted molar refractivity (Wildman–Crippen MR) is 90.6 cm³/mol. The van der Waals surface area contributed by atoms with E-state index in [1.165, 1.54) is 0 Å². The van der Waals surface area contributed by atoms with E-state index >= 15 is 0 Å². The number of hydrogen-bond acceptors (Lipinski definition) is 3. The average molecular weight is 370 g/mol. The third-order valence-corrected chi connectivity index (χ3v) is 6.08. The fourth-order valence-electron chi connectivity index (χ4n) is 4.32. The molecule has 1 aromatic rings. The van der Waals surface area contributed by atoms with E-state index in [1.54, 1.807) is 6.07 Å². The van der Waals surface area contributed by atoms with Crippen LogP contribution in [0.15, 0.2) is 6.07 Å². The van der Waals surface area contributed by atoms with Crippen LogP contribution in [-0.4, -0.2) is 39.4 Å². The molecule has 4 rings (SSSR count). The van der Waals surface area contributed by atoms with Crippen LogP contribution in [-0.2, 0) is 4.79 Å². The molecule has 2 fully saturated rings. The van der Waals surface area contributed by atoms with Crippen molar-refractivity contribution in [1.29, 1.82) is 0 Å². The summed E-state index contributed by atoms with van der Waals surface area (Å²) in [7, 11) is 0. The zero-order valence-electron chi connectivity index (χ0n) is 15.1. The molecule has 1 N–H and O–H groups in total. The molecule has 1 amide bonds. The lowest BCUT2D eigenvalue weighted by atomic mass is 10.0. The minimum absolute atomic E-state index is 0.0129. The van der Waals surface area contributed by atoms with Gasteiger partial charge in [-0.25, -0.2) is 4.68 Å². The van der Waals surface area contributed by atoms with Gasteiger partial charge in [0.1, 0.15) is 5.82 Å². The summed E-state index contributed by atoms with van der Waals surface area (Å²) >= 11 is 0. The number of nitrogens with one attached hydrogen (secondary N) is 1. The smallest absolute Gasteiger partial charge is 0.367 e. The molecule has 26 heavy (non-hydrogen) atoms. The highest BCUT2D eigenvalue weighted by Gasteiger charge is 2.48. The summed E-state index contributed by atoms with van der Waals surface area (Å²) in [5, 5.41) is 7.50. The van der Waals surface area contributed by atoms with Gasteiger partial charge in [-0.1, -0.05) is 13.8 Å². The van der Waals surface area contributed by atoms with E-state index in [0.717, 1.165) is 23.9 Å². The third kappa shape index (κ3) is 2.97. The lowest BCUT2D eigenvalue weighted by Crippen LogP contribution is -2.39. The molecule has 2 aliphatic heterocycles. The van der Waals surface area contributed by atoms with Crippen molar-refractivity contribution in [2.24, 2.45) is 11.8 Å². The summed E-state index contributed by atoms with van der Waals surface area (Å²) < 4.78 is 41.7. The Balaban J connectivity index is 1.62. The Bertz CT molecular complexity index is 701. The molecule has 1 aromatic heterocycles. The van der Waals surface area contributed by atoms with Gasteiger partial charge in [0.25, 0.3) is 0 Å². The number of carbonyl (C=O) groups is 1. The van der Waals surface area contributed by atoms with Crippen LogP contribution in [0.3, 0.4) is 0 Å². The van der Waals surface area contributed by atoms with Crippen molar-refractivity contribution >= 4 is 11.7 Å². The summed E-state index contributed by atoms with van der Waals surface area (Å²) in [5.41, 5.74) is 0.581. The highest BCUT2D eigenvalue weighted by molar-refractivity contribution is 5.82. The second-order valence-electron chi connectivity index (χ2n) is 7.95. The molecule has 3 heterocycles. The Morgan fingerprint density at radius 1 is 1.38 bits per heavy atom. The number of fused-ring (bicyclic) bond motifs is 1. The molecule has 144 valence electrons. The first-order valence-corrected chi connectivity index (χ1v) is 9.52. The average Bonchev–Trinajstić information content (AvgIpc) is 3.01. The zero-order chi connectivity index (χ0) is 18.6. The number of carbonyl (C=O) groups excluding carboxylic acids is 1. The van der Waals surface area contributed by atoms with Gasteiger partial charge in [-0.3, -0.25) is 4.79 Å². The fraction of sp³-hybridized carbons (Fsp3) is 0.778. The van der Waals surface area contributed by atoms with Gasteiger partial charge in [0.2, 0.25) is 5.91 Å². The van der Waals surface area contributed by atoms with Crippen molar-refractivity contribution in [2.75, 3.05) is 11.9 Å². The molecule has 0 radical (unpaired) electrons. The maximum atomic E-state index is 13.5. The normalized spacial score (nSPS) is 33.7. The van der Waals surface area contributed by atoms with E-state index in [0.29, 0.717) is 30.4 Å². The SMILES string of the molecule is CC[C@@H]1C[C@H](C(F)(F)F)n2nc([C@H]3CCCN3C(=O)[C@@H]3C[C@@H]3C)cc2N1. The van der Waals surface area contributed by atoms with Gasteiger partial charge in [0.05, 0.1) is 11.7 Å². The Morgan fingerprint density at radius 3 is 2.73 bits per heavy atom. The van der Waals surface area contributed by atoms with E-state index < -0.39 is 12.2 Å². The number of anilines is 1. The van der Waals surface area contributed by atoms with Crippen molar-refractivity contribution < 1.29 is 18.0 Å². The Labute approximate surface area is 150 Å². The van der Waals surface area contributed by atoms with E-state index in [9.17, 15) is 18.0 Å². The molecule has 0 bridgehead atoms. The summed E-state index contributed by atoms with van der Waals surface area (Å²) in [6.07, 6.45) is -1.17. The summed E-state index contributed by atoms with van der Waals surface area (Å²) in [4.78, 5) is 14.5. The number of hydrogen-bond donors (Lipinski definition) is 1. The molecule has 5 atom stereocenters. The number of likely N-dealkylation sites (tertiary alicyclic amines) is 1.